The van der Waals surface area contributed by atoms with Gasteiger partial charge >= 0.3 is 6.03 Å². The van der Waals surface area contributed by atoms with Crippen LogP contribution < -0.4 is 11.1 Å². The molecule has 1 aliphatic rings. The number of hydrogen-bond donors (Lipinski definition) is 2. The minimum absolute atomic E-state index is 0.000532. The summed E-state index contributed by atoms with van der Waals surface area (Å²) in [5, 5.41) is 2.99. The van der Waals surface area contributed by atoms with Crippen molar-refractivity contribution < 1.29 is 4.79 Å². The van der Waals surface area contributed by atoms with Crippen molar-refractivity contribution in [1.29, 1.82) is 0 Å². The SMILES string of the molecule is CCCN(CC1CC1)C(=O)Nc1cccc(C(C)N)c1. The third-order valence-corrected chi connectivity index (χ3v) is 3.62. The Morgan fingerprint density at radius 2 is 2.25 bits per heavy atom. The Morgan fingerprint density at radius 3 is 2.85 bits per heavy atom. The van der Waals surface area contributed by atoms with Gasteiger partial charge in [-0.05, 0) is 49.8 Å². The first-order valence-electron chi connectivity index (χ1n) is 7.51. The number of rotatable bonds is 6. The first-order chi connectivity index (χ1) is 9.60. The van der Waals surface area contributed by atoms with E-state index in [0.29, 0.717) is 5.92 Å². The van der Waals surface area contributed by atoms with Gasteiger partial charge in [-0.1, -0.05) is 19.1 Å². The number of anilines is 1. The highest BCUT2D eigenvalue weighted by Gasteiger charge is 2.26. The van der Waals surface area contributed by atoms with E-state index in [4.69, 9.17) is 5.73 Å². The Labute approximate surface area is 121 Å². The number of carbonyl (C=O) groups excluding carboxylic acids is 1. The molecule has 1 unspecified atom stereocenters. The lowest BCUT2D eigenvalue weighted by Gasteiger charge is -2.22. The molecule has 2 amide bonds. The average molecular weight is 275 g/mol. The minimum atomic E-state index is -0.0231. The van der Waals surface area contributed by atoms with Crippen LogP contribution in [0, 0.1) is 5.92 Å². The molecule has 0 aromatic heterocycles. The molecule has 2 rings (SSSR count). The van der Waals surface area contributed by atoms with Crippen LogP contribution in [0.3, 0.4) is 0 Å². The lowest BCUT2D eigenvalue weighted by atomic mass is 10.1. The molecule has 4 nitrogen and oxygen atoms in total. The molecule has 20 heavy (non-hydrogen) atoms. The number of urea groups is 1. The summed E-state index contributed by atoms with van der Waals surface area (Å²) in [5.41, 5.74) is 7.73. The van der Waals surface area contributed by atoms with Crippen LogP contribution in [0.4, 0.5) is 10.5 Å². The molecular formula is C16H25N3O. The van der Waals surface area contributed by atoms with E-state index in [-0.39, 0.29) is 12.1 Å². The van der Waals surface area contributed by atoms with Gasteiger partial charge in [0.2, 0.25) is 0 Å². The number of hydrogen-bond acceptors (Lipinski definition) is 2. The molecule has 0 spiro atoms. The molecule has 1 fully saturated rings. The molecule has 0 radical (unpaired) electrons. The smallest absolute Gasteiger partial charge is 0.321 e. The van der Waals surface area contributed by atoms with Crippen molar-refractivity contribution in [2.45, 2.75) is 39.2 Å². The van der Waals surface area contributed by atoms with Crippen molar-refractivity contribution in [3.63, 3.8) is 0 Å². The number of nitrogens with zero attached hydrogens (tertiary/aromatic N) is 1. The topological polar surface area (TPSA) is 58.4 Å². The first kappa shape index (κ1) is 14.9. The van der Waals surface area contributed by atoms with Crippen LogP contribution in [0.15, 0.2) is 24.3 Å². The van der Waals surface area contributed by atoms with Crippen LogP contribution in [0.2, 0.25) is 0 Å². The second kappa shape index (κ2) is 6.75. The summed E-state index contributed by atoms with van der Waals surface area (Å²) < 4.78 is 0. The van der Waals surface area contributed by atoms with Gasteiger partial charge in [0.05, 0.1) is 0 Å². The largest absolute Gasteiger partial charge is 0.324 e. The standard InChI is InChI=1S/C16H25N3O/c1-3-9-19(11-13-7-8-13)16(20)18-15-6-4-5-14(10-15)12(2)17/h4-6,10,12-13H,3,7-9,11,17H2,1-2H3,(H,18,20). The quantitative estimate of drug-likeness (QED) is 0.836. The summed E-state index contributed by atoms with van der Waals surface area (Å²) in [7, 11) is 0. The fourth-order valence-electron chi connectivity index (χ4n) is 2.26. The van der Waals surface area contributed by atoms with Gasteiger partial charge in [0.1, 0.15) is 0 Å². The van der Waals surface area contributed by atoms with Crippen molar-refractivity contribution in [2.24, 2.45) is 11.7 Å². The Balaban J connectivity index is 1.98. The van der Waals surface area contributed by atoms with Crippen LogP contribution in [0.25, 0.3) is 0 Å². The number of benzene rings is 1. The van der Waals surface area contributed by atoms with E-state index in [2.05, 4.69) is 12.2 Å². The van der Waals surface area contributed by atoms with Crippen molar-refractivity contribution in [2.75, 3.05) is 18.4 Å². The van der Waals surface area contributed by atoms with Gasteiger partial charge in [-0.3, -0.25) is 0 Å². The summed E-state index contributed by atoms with van der Waals surface area (Å²) >= 11 is 0. The van der Waals surface area contributed by atoms with Crippen LogP contribution in [-0.4, -0.2) is 24.0 Å². The van der Waals surface area contributed by atoms with Crippen molar-refractivity contribution in [1.82, 2.24) is 4.90 Å². The minimum Gasteiger partial charge on any atom is -0.324 e. The zero-order valence-electron chi connectivity index (χ0n) is 12.4. The highest BCUT2D eigenvalue weighted by molar-refractivity contribution is 5.89. The zero-order chi connectivity index (χ0) is 14.5. The Hall–Kier alpha value is -1.55. The summed E-state index contributed by atoms with van der Waals surface area (Å²) in [6, 6.07) is 7.74. The summed E-state index contributed by atoms with van der Waals surface area (Å²) in [6.07, 6.45) is 3.50. The molecule has 4 heteroatoms. The van der Waals surface area contributed by atoms with Gasteiger partial charge in [-0.25, -0.2) is 4.79 Å². The molecule has 0 saturated heterocycles. The molecule has 3 N–H and O–H groups in total. The van der Waals surface area contributed by atoms with E-state index < -0.39 is 0 Å². The summed E-state index contributed by atoms with van der Waals surface area (Å²) in [5.74, 6) is 0.711. The normalized spacial score (nSPS) is 15.8. The molecule has 0 aliphatic heterocycles. The maximum absolute atomic E-state index is 12.3. The van der Waals surface area contributed by atoms with E-state index in [1.165, 1.54) is 12.8 Å². The molecule has 1 aromatic carbocycles. The number of nitrogens with two attached hydrogens (primary N) is 1. The van der Waals surface area contributed by atoms with Crippen molar-refractivity contribution in [3.05, 3.63) is 29.8 Å². The molecule has 110 valence electrons. The van der Waals surface area contributed by atoms with Crippen LogP contribution >= 0.6 is 0 Å². The van der Waals surface area contributed by atoms with E-state index in [9.17, 15) is 4.79 Å². The molecule has 0 bridgehead atoms. The molecule has 1 aliphatic carbocycles. The predicted molar refractivity (Wildman–Crippen MR) is 82.7 cm³/mol. The molecule has 1 saturated carbocycles. The van der Waals surface area contributed by atoms with Gasteiger partial charge in [0, 0.05) is 24.8 Å². The van der Waals surface area contributed by atoms with Crippen LogP contribution in [0.5, 0.6) is 0 Å². The van der Waals surface area contributed by atoms with Crippen molar-refractivity contribution >= 4 is 11.7 Å². The van der Waals surface area contributed by atoms with E-state index in [1.807, 2.05) is 36.1 Å². The third-order valence-electron chi connectivity index (χ3n) is 3.62. The Bertz CT molecular complexity index is 455. The Morgan fingerprint density at radius 1 is 1.50 bits per heavy atom. The fourth-order valence-corrected chi connectivity index (χ4v) is 2.26. The van der Waals surface area contributed by atoms with Gasteiger partial charge in [-0.2, -0.15) is 0 Å². The Kier molecular flexibility index (Phi) is 5.01. The van der Waals surface area contributed by atoms with E-state index in [1.54, 1.807) is 0 Å². The van der Waals surface area contributed by atoms with Gasteiger partial charge in [0.15, 0.2) is 0 Å². The number of nitrogens with one attached hydrogen (secondary N) is 1. The lowest BCUT2D eigenvalue weighted by Crippen LogP contribution is -2.37. The molecule has 0 heterocycles. The maximum atomic E-state index is 12.3. The maximum Gasteiger partial charge on any atom is 0.321 e. The van der Waals surface area contributed by atoms with Crippen molar-refractivity contribution in [3.8, 4) is 0 Å². The molecule has 1 atom stereocenters. The van der Waals surface area contributed by atoms with Gasteiger partial charge in [0.25, 0.3) is 0 Å². The number of carbonyl (C=O) groups is 1. The fraction of sp³-hybridized carbons (Fsp3) is 0.562. The van der Waals surface area contributed by atoms with Crippen LogP contribution in [0.1, 0.15) is 44.7 Å². The van der Waals surface area contributed by atoms with Gasteiger partial charge in [-0.15, -0.1) is 0 Å². The highest BCUT2D eigenvalue weighted by Crippen LogP contribution is 2.30. The first-order valence-corrected chi connectivity index (χ1v) is 7.51. The highest BCUT2D eigenvalue weighted by atomic mass is 16.2. The molecule has 1 aromatic rings. The monoisotopic (exact) mass is 275 g/mol. The summed E-state index contributed by atoms with van der Waals surface area (Å²) in [6.45, 7) is 5.74. The van der Waals surface area contributed by atoms with E-state index in [0.717, 1.165) is 30.8 Å². The zero-order valence-corrected chi connectivity index (χ0v) is 12.4. The summed E-state index contributed by atoms with van der Waals surface area (Å²) in [4.78, 5) is 14.3. The molecular weight excluding hydrogens is 250 g/mol. The van der Waals surface area contributed by atoms with Gasteiger partial charge < -0.3 is 16.0 Å². The third kappa shape index (κ3) is 4.23. The number of amides is 2. The van der Waals surface area contributed by atoms with E-state index >= 15 is 0 Å². The lowest BCUT2D eigenvalue weighted by molar-refractivity contribution is 0.209. The van der Waals surface area contributed by atoms with Crippen LogP contribution in [-0.2, 0) is 0 Å². The second-order valence-electron chi connectivity index (χ2n) is 5.73. The second-order valence-corrected chi connectivity index (χ2v) is 5.73. The predicted octanol–water partition coefficient (Wildman–Crippen LogP) is 3.36. The average Bonchev–Trinajstić information content (AvgIpc) is 3.22.